The van der Waals surface area contributed by atoms with Gasteiger partial charge in [0.1, 0.15) is 0 Å². The molecule has 30 heavy (non-hydrogen) atoms. The molecule has 0 bridgehead atoms. The second-order valence-corrected chi connectivity index (χ2v) is 9.14. The van der Waals surface area contributed by atoms with Crippen molar-refractivity contribution in [1.29, 1.82) is 0 Å². The van der Waals surface area contributed by atoms with Gasteiger partial charge in [-0.05, 0) is 36.2 Å². The van der Waals surface area contributed by atoms with Crippen LogP contribution in [0.15, 0.2) is 48.5 Å². The summed E-state index contributed by atoms with van der Waals surface area (Å²) in [6.07, 6.45) is 1.18. The number of amides is 2. The van der Waals surface area contributed by atoms with Crippen molar-refractivity contribution in [2.24, 2.45) is 5.92 Å². The summed E-state index contributed by atoms with van der Waals surface area (Å²) in [6.45, 7) is 2.18. The average Bonchev–Trinajstić information content (AvgIpc) is 3.32. The minimum absolute atomic E-state index is 0.0296. The van der Waals surface area contributed by atoms with Crippen LogP contribution in [0.1, 0.15) is 23.7 Å². The van der Waals surface area contributed by atoms with Crippen molar-refractivity contribution in [2.75, 3.05) is 37.1 Å². The Morgan fingerprint density at radius 1 is 1.03 bits per heavy atom. The monoisotopic (exact) mass is 424 g/mol. The molecule has 0 spiro atoms. The topological polar surface area (TPSA) is 59.1 Å². The van der Waals surface area contributed by atoms with Crippen LogP contribution in [0.4, 0.5) is 5.69 Å². The minimum atomic E-state index is -0.259. The molecule has 0 radical (unpaired) electrons. The average molecular weight is 425 g/mol. The fraction of sp³-hybridized carbons (Fsp3) is 0.391. The van der Waals surface area contributed by atoms with Gasteiger partial charge in [0.05, 0.1) is 5.92 Å². The Morgan fingerprint density at radius 2 is 1.87 bits per heavy atom. The number of carbonyl (C=O) groups is 2. The van der Waals surface area contributed by atoms with E-state index in [9.17, 15) is 9.59 Å². The molecule has 2 amide bonds. The van der Waals surface area contributed by atoms with Crippen LogP contribution >= 0.6 is 11.8 Å². The molecule has 2 unspecified atom stereocenters. The summed E-state index contributed by atoms with van der Waals surface area (Å²) in [7, 11) is 0. The Kier molecular flexibility index (Phi) is 5.29. The smallest absolute Gasteiger partial charge is 0.231 e. The number of thioether (sulfide) groups is 1. The van der Waals surface area contributed by atoms with Crippen molar-refractivity contribution in [3.63, 3.8) is 0 Å². The van der Waals surface area contributed by atoms with Gasteiger partial charge < -0.3 is 19.3 Å². The Balaban J connectivity index is 1.23. The quantitative estimate of drug-likeness (QED) is 0.755. The molecule has 2 aromatic carbocycles. The second-order valence-electron chi connectivity index (χ2n) is 7.83. The van der Waals surface area contributed by atoms with Crippen molar-refractivity contribution in [2.45, 2.75) is 18.1 Å². The molecule has 2 fully saturated rings. The third kappa shape index (κ3) is 3.74. The van der Waals surface area contributed by atoms with Crippen LogP contribution in [0.2, 0.25) is 0 Å². The lowest BCUT2D eigenvalue weighted by Gasteiger charge is -2.24. The molecule has 0 saturated carbocycles. The fourth-order valence-corrected chi connectivity index (χ4v) is 5.58. The largest absolute Gasteiger partial charge is 0.454 e. The van der Waals surface area contributed by atoms with Crippen molar-refractivity contribution in [3.8, 4) is 11.5 Å². The Bertz CT molecular complexity index is 951. The van der Waals surface area contributed by atoms with Crippen LogP contribution in [-0.2, 0) is 9.59 Å². The highest BCUT2D eigenvalue weighted by molar-refractivity contribution is 7.99. The second kappa shape index (κ2) is 8.22. The summed E-state index contributed by atoms with van der Waals surface area (Å²) >= 11 is 1.88. The Labute approximate surface area is 180 Å². The fourth-order valence-electron chi connectivity index (χ4n) is 4.36. The molecule has 0 aliphatic carbocycles. The van der Waals surface area contributed by atoms with E-state index in [1.807, 2.05) is 53.1 Å². The lowest BCUT2D eigenvalue weighted by Crippen LogP contribution is -2.38. The maximum absolute atomic E-state index is 13.2. The maximum Gasteiger partial charge on any atom is 0.231 e. The van der Waals surface area contributed by atoms with Gasteiger partial charge in [-0.1, -0.05) is 24.3 Å². The van der Waals surface area contributed by atoms with E-state index in [0.717, 1.165) is 35.9 Å². The van der Waals surface area contributed by atoms with E-state index in [-0.39, 0.29) is 24.5 Å². The zero-order valence-electron chi connectivity index (χ0n) is 16.7. The van der Waals surface area contributed by atoms with Crippen LogP contribution in [0.3, 0.4) is 0 Å². The van der Waals surface area contributed by atoms with E-state index in [4.69, 9.17) is 9.47 Å². The van der Waals surface area contributed by atoms with Crippen LogP contribution in [-0.4, -0.2) is 48.9 Å². The molecule has 5 rings (SSSR count). The predicted molar refractivity (Wildman–Crippen MR) is 116 cm³/mol. The van der Waals surface area contributed by atoms with Crippen molar-refractivity contribution in [3.05, 3.63) is 54.1 Å². The number of nitrogens with zero attached hydrogens (tertiary/aromatic N) is 2. The number of para-hydroxylation sites is 1. The number of benzene rings is 2. The van der Waals surface area contributed by atoms with Gasteiger partial charge in [-0.15, -0.1) is 0 Å². The van der Waals surface area contributed by atoms with Crippen molar-refractivity contribution in [1.82, 2.24) is 4.90 Å². The molecule has 3 aliphatic rings. The third-order valence-electron chi connectivity index (χ3n) is 5.96. The number of hydrogen-bond donors (Lipinski definition) is 0. The maximum atomic E-state index is 13.2. The molecular formula is C23H24N2O4S. The number of anilines is 1. The first-order valence-electron chi connectivity index (χ1n) is 10.3. The molecule has 7 heteroatoms. The Hall–Kier alpha value is -2.67. The summed E-state index contributed by atoms with van der Waals surface area (Å²) < 4.78 is 10.9. The van der Waals surface area contributed by atoms with E-state index in [1.54, 1.807) is 4.90 Å². The number of fused-ring (bicyclic) bond motifs is 1. The van der Waals surface area contributed by atoms with E-state index in [1.165, 1.54) is 5.56 Å². The highest BCUT2D eigenvalue weighted by Gasteiger charge is 2.37. The summed E-state index contributed by atoms with van der Waals surface area (Å²) in [5, 5.41) is 0.323. The molecule has 2 aromatic rings. The normalized spacial score (nSPS) is 23.5. The first-order chi connectivity index (χ1) is 14.7. The van der Waals surface area contributed by atoms with E-state index in [0.29, 0.717) is 24.8 Å². The van der Waals surface area contributed by atoms with Crippen LogP contribution < -0.4 is 14.4 Å². The summed E-state index contributed by atoms with van der Waals surface area (Å²) in [6, 6.07) is 15.7. The van der Waals surface area contributed by atoms with E-state index >= 15 is 0 Å². The standard InChI is InChI=1S/C23H24N2O4S/c26-22-13-17(14-25(22)18-4-2-1-3-5-18)23(27)24-9-8-21(30-11-10-24)16-6-7-19-20(12-16)29-15-28-19/h1-7,12,17,21H,8-11,13-15H2. The molecule has 3 aliphatic heterocycles. The minimum Gasteiger partial charge on any atom is -0.454 e. The molecule has 6 nitrogen and oxygen atoms in total. The zero-order chi connectivity index (χ0) is 20.5. The molecular weight excluding hydrogens is 400 g/mol. The lowest BCUT2D eigenvalue weighted by molar-refractivity contribution is -0.135. The van der Waals surface area contributed by atoms with E-state index < -0.39 is 0 Å². The van der Waals surface area contributed by atoms with Gasteiger partial charge in [0.15, 0.2) is 11.5 Å². The van der Waals surface area contributed by atoms with Gasteiger partial charge in [-0.25, -0.2) is 0 Å². The highest BCUT2D eigenvalue weighted by atomic mass is 32.2. The summed E-state index contributed by atoms with van der Waals surface area (Å²) in [5.41, 5.74) is 2.08. The molecule has 0 aromatic heterocycles. The van der Waals surface area contributed by atoms with Crippen LogP contribution in [0.5, 0.6) is 11.5 Å². The number of rotatable bonds is 3. The van der Waals surface area contributed by atoms with Gasteiger partial charge >= 0.3 is 0 Å². The number of ether oxygens (including phenoxy) is 2. The van der Waals surface area contributed by atoms with Gasteiger partial charge in [-0.2, -0.15) is 11.8 Å². The lowest BCUT2D eigenvalue weighted by atomic mass is 10.1. The van der Waals surface area contributed by atoms with Gasteiger partial charge in [-0.3, -0.25) is 9.59 Å². The van der Waals surface area contributed by atoms with Crippen LogP contribution in [0.25, 0.3) is 0 Å². The first kappa shape index (κ1) is 19.3. The molecule has 156 valence electrons. The Morgan fingerprint density at radius 3 is 2.73 bits per heavy atom. The molecule has 2 atom stereocenters. The van der Waals surface area contributed by atoms with E-state index in [2.05, 4.69) is 12.1 Å². The summed E-state index contributed by atoms with van der Waals surface area (Å²) in [5.74, 6) is 2.35. The van der Waals surface area contributed by atoms with Crippen molar-refractivity contribution < 1.29 is 19.1 Å². The third-order valence-corrected chi connectivity index (χ3v) is 7.29. The number of hydrogen-bond acceptors (Lipinski definition) is 5. The van der Waals surface area contributed by atoms with Crippen LogP contribution in [0, 0.1) is 5.92 Å². The number of carbonyl (C=O) groups excluding carboxylic acids is 2. The molecule has 2 saturated heterocycles. The first-order valence-corrected chi connectivity index (χ1v) is 11.4. The zero-order valence-corrected chi connectivity index (χ0v) is 17.5. The van der Waals surface area contributed by atoms with Gasteiger partial charge in [0, 0.05) is 42.7 Å². The molecule has 3 heterocycles. The predicted octanol–water partition coefficient (Wildman–Crippen LogP) is 3.48. The SMILES string of the molecule is O=C(C1CC(=O)N(c2ccccc2)C1)N1CCSC(c2ccc3c(c2)OCO3)CC1. The summed E-state index contributed by atoms with van der Waals surface area (Å²) in [4.78, 5) is 29.4. The molecule has 0 N–H and O–H groups in total. The van der Waals surface area contributed by atoms with Gasteiger partial charge in [0.25, 0.3) is 0 Å². The highest BCUT2D eigenvalue weighted by Crippen LogP contribution is 2.40. The van der Waals surface area contributed by atoms with Gasteiger partial charge in [0.2, 0.25) is 18.6 Å². The van der Waals surface area contributed by atoms with Crippen molar-refractivity contribution >= 4 is 29.3 Å².